The highest BCUT2D eigenvalue weighted by atomic mass is 19.1. The molecule has 106 valence electrons. The molecule has 0 spiro atoms. The number of amides is 1. The molecule has 1 rings (SSSR count). The van der Waals surface area contributed by atoms with E-state index in [-0.39, 0.29) is 12.0 Å². The Kier molecular flexibility index (Phi) is 5.00. The quantitative estimate of drug-likeness (QED) is 0.884. The molecule has 2 N–H and O–H groups in total. The van der Waals surface area contributed by atoms with Gasteiger partial charge in [0.25, 0.3) is 5.91 Å². The Bertz CT molecular complexity index is 435. The smallest absolute Gasteiger partial charge is 0.257 e. The molecule has 0 saturated carbocycles. The fraction of sp³-hybridized carbons (Fsp3) is 0.500. The summed E-state index contributed by atoms with van der Waals surface area (Å²) >= 11 is 0. The van der Waals surface area contributed by atoms with Crippen LogP contribution in [0.5, 0.6) is 0 Å². The fourth-order valence-corrected chi connectivity index (χ4v) is 1.56. The molecule has 0 aliphatic rings. The minimum atomic E-state index is -0.895. The highest BCUT2D eigenvalue weighted by Gasteiger charge is 2.22. The molecule has 3 nitrogen and oxygen atoms in total. The topological polar surface area (TPSA) is 49.3 Å². The van der Waals surface area contributed by atoms with E-state index in [1.807, 2.05) is 20.8 Å². The first-order valence-corrected chi connectivity index (χ1v) is 6.13. The molecule has 0 bridgehead atoms. The van der Waals surface area contributed by atoms with Gasteiger partial charge in [-0.25, -0.2) is 8.78 Å². The van der Waals surface area contributed by atoms with Crippen molar-refractivity contribution in [1.82, 2.24) is 5.32 Å². The van der Waals surface area contributed by atoms with E-state index in [9.17, 15) is 18.7 Å². The molecular formula is C14H19F2NO2. The van der Waals surface area contributed by atoms with Gasteiger partial charge in [-0.2, -0.15) is 0 Å². The molecule has 0 heterocycles. The molecule has 1 aromatic carbocycles. The van der Waals surface area contributed by atoms with E-state index in [1.54, 1.807) is 0 Å². The van der Waals surface area contributed by atoms with Crippen molar-refractivity contribution in [2.45, 2.75) is 33.3 Å². The van der Waals surface area contributed by atoms with Crippen molar-refractivity contribution in [1.29, 1.82) is 0 Å². The second-order valence-corrected chi connectivity index (χ2v) is 5.52. The van der Waals surface area contributed by atoms with E-state index < -0.39 is 29.2 Å². The van der Waals surface area contributed by atoms with Crippen LogP contribution in [0.15, 0.2) is 18.2 Å². The lowest BCUT2D eigenvalue weighted by molar-refractivity contribution is 0.0550. The minimum Gasteiger partial charge on any atom is -0.393 e. The highest BCUT2D eigenvalue weighted by molar-refractivity contribution is 5.94. The van der Waals surface area contributed by atoms with Crippen molar-refractivity contribution >= 4 is 5.91 Å². The molecule has 1 atom stereocenters. The summed E-state index contributed by atoms with van der Waals surface area (Å²) in [4.78, 5) is 11.6. The van der Waals surface area contributed by atoms with Crippen molar-refractivity contribution < 1.29 is 18.7 Å². The Morgan fingerprint density at radius 3 is 2.32 bits per heavy atom. The van der Waals surface area contributed by atoms with Crippen LogP contribution in [0.25, 0.3) is 0 Å². The van der Waals surface area contributed by atoms with Gasteiger partial charge in [0.1, 0.15) is 17.2 Å². The minimum absolute atomic E-state index is 0.158. The van der Waals surface area contributed by atoms with E-state index in [4.69, 9.17) is 0 Å². The van der Waals surface area contributed by atoms with Gasteiger partial charge in [-0.05, 0) is 24.0 Å². The Morgan fingerprint density at radius 2 is 1.84 bits per heavy atom. The van der Waals surface area contributed by atoms with Gasteiger partial charge >= 0.3 is 0 Å². The standard InChI is InChI=1S/C14H19F2NO2/c1-14(2,3)11(18)7-8-17-13(19)12-9(15)5-4-6-10(12)16/h4-6,11,18H,7-8H2,1-3H3,(H,17,19)/t11-/m0/s1. The monoisotopic (exact) mass is 271 g/mol. The van der Waals surface area contributed by atoms with Crippen LogP contribution in [0, 0.1) is 17.0 Å². The summed E-state index contributed by atoms with van der Waals surface area (Å²) in [6.45, 7) is 5.77. The van der Waals surface area contributed by atoms with E-state index in [2.05, 4.69) is 5.32 Å². The number of aliphatic hydroxyl groups excluding tert-OH is 1. The number of halogens is 2. The second-order valence-electron chi connectivity index (χ2n) is 5.52. The number of rotatable bonds is 4. The van der Waals surface area contributed by atoms with Crippen molar-refractivity contribution in [2.75, 3.05) is 6.54 Å². The van der Waals surface area contributed by atoms with E-state index >= 15 is 0 Å². The van der Waals surface area contributed by atoms with Crippen LogP contribution in [-0.2, 0) is 0 Å². The molecule has 19 heavy (non-hydrogen) atoms. The number of carbonyl (C=O) groups excluding carboxylic acids is 1. The normalized spacial score (nSPS) is 13.2. The van der Waals surface area contributed by atoms with Crippen LogP contribution >= 0.6 is 0 Å². The molecule has 0 saturated heterocycles. The van der Waals surface area contributed by atoms with Crippen LogP contribution in [0.2, 0.25) is 0 Å². The second kappa shape index (κ2) is 6.10. The maximum atomic E-state index is 13.3. The molecule has 1 amide bonds. The summed E-state index contributed by atoms with van der Waals surface area (Å²) in [6, 6.07) is 3.26. The first-order valence-electron chi connectivity index (χ1n) is 6.13. The average molecular weight is 271 g/mol. The van der Waals surface area contributed by atoms with Crippen molar-refractivity contribution in [3.05, 3.63) is 35.4 Å². The Hall–Kier alpha value is -1.49. The predicted molar refractivity (Wildman–Crippen MR) is 68.8 cm³/mol. The Morgan fingerprint density at radius 1 is 1.32 bits per heavy atom. The zero-order valence-corrected chi connectivity index (χ0v) is 11.3. The third-order valence-electron chi connectivity index (χ3n) is 2.89. The summed E-state index contributed by atoms with van der Waals surface area (Å²) in [5, 5.41) is 12.2. The van der Waals surface area contributed by atoms with Crippen molar-refractivity contribution in [3.63, 3.8) is 0 Å². The van der Waals surface area contributed by atoms with Gasteiger partial charge in [0, 0.05) is 6.54 Å². The molecular weight excluding hydrogens is 252 g/mol. The number of carbonyl (C=O) groups is 1. The predicted octanol–water partition coefficient (Wildman–Crippen LogP) is 2.49. The van der Waals surface area contributed by atoms with E-state index in [0.29, 0.717) is 6.42 Å². The third kappa shape index (κ3) is 4.28. The van der Waals surface area contributed by atoms with Crippen molar-refractivity contribution in [3.8, 4) is 0 Å². The number of nitrogens with one attached hydrogen (secondary N) is 1. The van der Waals surface area contributed by atoms with Gasteiger partial charge in [0.05, 0.1) is 6.10 Å². The SMILES string of the molecule is CC(C)(C)[C@@H](O)CCNC(=O)c1c(F)cccc1F. The number of benzene rings is 1. The van der Waals surface area contributed by atoms with Crippen molar-refractivity contribution in [2.24, 2.45) is 5.41 Å². The maximum absolute atomic E-state index is 13.3. The Balaban J connectivity index is 2.58. The first kappa shape index (κ1) is 15.6. The number of aliphatic hydroxyl groups is 1. The first-order chi connectivity index (χ1) is 8.73. The average Bonchev–Trinajstić information content (AvgIpc) is 2.27. The van der Waals surface area contributed by atoms with Gasteiger partial charge < -0.3 is 10.4 Å². The van der Waals surface area contributed by atoms with Crippen LogP contribution in [0.4, 0.5) is 8.78 Å². The van der Waals surface area contributed by atoms with E-state index in [1.165, 1.54) is 6.07 Å². The fourth-order valence-electron chi connectivity index (χ4n) is 1.56. The molecule has 0 aliphatic carbocycles. The molecule has 5 heteroatoms. The van der Waals surface area contributed by atoms with Crippen LogP contribution in [-0.4, -0.2) is 23.7 Å². The van der Waals surface area contributed by atoms with Crippen LogP contribution in [0.3, 0.4) is 0 Å². The lowest BCUT2D eigenvalue weighted by Gasteiger charge is -2.25. The third-order valence-corrected chi connectivity index (χ3v) is 2.89. The van der Waals surface area contributed by atoms with Gasteiger partial charge in [-0.15, -0.1) is 0 Å². The van der Waals surface area contributed by atoms with Crippen LogP contribution in [0.1, 0.15) is 37.6 Å². The lowest BCUT2D eigenvalue weighted by atomic mass is 9.87. The summed E-state index contributed by atoms with van der Waals surface area (Å²) in [5.41, 5.74) is -0.888. The summed E-state index contributed by atoms with van der Waals surface area (Å²) < 4.78 is 26.7. The zero-order chi connectivity index (χ0) is 14.6. The van der Waals surface area contributed by atoms with E-state index in [0.717, 1.165) is 12.1 Å². The van der Waals surface area contributed by atoms with Gasteiger partial charge in [-0.1, -0.05) is 26.8 Å². The maximum Gasteiger partial charge on any atom is 0.257 e. The zero-order valence-electron chi connectivity index (χ0n) is 11.3. The molecule has 0 radical (unpaired) electrons. The molecule has 0 fully saturated rings. The lowest BCUT2D eigenvalue weighted by Crippen LogP contribution is -2.33. The van der Waals surface area contributed by atoms with Gasteiger partial charge in [-0.3, -0.25) is 4.79 Å². The summed E-state index contributed by atoms with van der Waals surface area (Å²) in [5.74, 6) is -2.60. The molecule has 0 aliphatic heterocycles. The number of hydrogen-bond acceptors (Lipinski definition) is 2. The molecule has 0 unspecified atom stereocenters. The molecule has 0 aromatic heterocycles. The van der Waals surface area contributed by atoms with Gasteiger partial charge in [0.15, 0.2) is 0 Å². The number of hydrogen-bond donors (Lipinski definition) is 2. The molecule has 1 aromatic rings. The summed E-state index contributed by atoms with van der Waals surface area (Å²) in [7, 11) is 0. The highest BCUT2D eigenvalue weighted by Crippen LogP contribution is 2.21. The van der Waals surface area contributed by atoms with Gasteiger partial charge in [0.2, 0.25) is 0 Å². The Labute approximate surface area is 111 Å². The van der Waals surface area contributed by atoms with Crippen LogP contribution < -0.4 is 5.32 Å². The summed E-state index contributed by atoms with van der Waals surface area (Å²) in [6.07, 6.45) is -0.274. The largest absolute Gasteiger partial charge is 0.393 e.